The van der Waals surface area contributed by atoms with Crippen LogP contribution in [0.2, 0.25) is 18.1 Å². The molecule has 0 bridgehead atoms. The van der Waals surface area contributed by atoms with Crippen LogP contribution in [0.25, 0.3) is 0 Å². The fraction of sp³-hybridized carbons (Fsp3) is 0.556. The van der Waals surface area contributed by atoms with Crippen molar-refractivity contribution in [1.29, 1.82) is 0 Å². The summed E-state index contributed by atoms with van der Waals surface area (Å²) in [6.07, 6.45) is -4.75. The van der Waals surface area contributed by atoms with E-state index >= 15 is 0 Å². The van der Waals surface area contributed by atoms with Crippen LogP contribution < -0.4 is 5.32 Å². The Kier molecular flexibility index (Phi) is 7.23. The van der Waals surface area contributed by atoms with Gasteiger partial charge in [-0.2, -0.15) is 13.2 Å². The minimum atomic E-state index is -4.71. The zero-order valence-corrected chi connectivity index (χ0v) is 17.1. The second-order valence-corrected chi connectivity index (χ2v) is 12.6. The molecule has 1 aromatic carbocycles. The summed E-state index contributed by atoms with van der Waals surface area (Å²) in [4.78, 5) is 23.7. The van der Waals surface area contributed by atoms with E-state index in [1.807, 2.05) is 33.9 Å². The average Bonchev–Trinajstić information content (AvgIpc) is 2.51. The van der Waals surface area contributed by atoms with Gasteiger partial charge >= 0.3 is 12.1 Å². The van der Waals surface area contributed by atoms with Crippen LogP contribution in [0.4, 0.5) is 13.2 Å². The van der Waals surface area contributed by atoms with Crippen LogP contribution in [0.15, 0.2) is 24.3 Å². The number of carbonyl (C=O) groups is 2. The summed E-state index contributed by atoms with van der Waals surface area (Å²) >= 11 is 0. The van der Waals surface area contributed by atoms with Crippen molar-refractivity contribution in [3.8, 4) is 0 Å². The number of amides is 1. The fourth-order valence-electron chi connectivity index (χ4n) is 2.07. The number of halogens is 3. The van der Waals surface area contributed by atoms with E-state index in [-0.39, 0.29) is 18.1 Å². The first-order chi connectivity index (χ1) is 12.2. The molecule has 0 spiro atoms. The van der Waals surface area contributed by atoms with Crippen molar-refractivity contribution in [3.63, 3.8) is 0 Å². The Morgan fingerprint density at radius 3 is 2.22 bits per heavy atom. The number of hydrogen-bond acceptors (Lipinski definition) is 3. The lowest BCUT2D eigenvalue weighted by atomic mass is 10.1. The zero-order chi connectivity index (χ0) is 21.0. The van der Waals surface area contributed by atoms with Crippen LogP contribution in [-0.2, 0) is 15.4 Å². The van der Waals surface area contributed by atoms with Gasteiger partial charge in [-0.25, -0.2) is 4.79 Å². The molecule has 0 radical (unpaired) electrons. The smallest absolute Gasteiger partial charge is 0.417 e. The molecule has 0 saturated heterocycles. The molecule has 0 aliphatic carbocycles. The first-order valence-electron chi connectivity index (χ1n) is 8.50. The number of alkyl halides is 3. The minimum absolute atomic E-state index is 0.0399. The van der Waals surface area contributed by atoms with Crippen LogP contribution in [0.5, 0.6) is 0 Å². The normalized spacial score (nSPS) is 13.9. The van der Waals surface area contributed by atoms with Gasteiger partial charge in [-0.05, 0) is 30.3 Å². The van der Waals surface area contributed by atoms with E-state index in [0.29, 0.717) is 0 Å². The van der Waals surface area contributed by atoms with E-state index in [0.717, 1.165) is 12.1 Å². The lowest BCUT2D eigenvalue weighted by molar-refractivity contribution is -0.139. The molecule has 0 fully saturated rings. The third-order valence-electron chi connectivity index (χ3n) is 4.76. The number of nitrogens with one attached hydrogen (secondary N) is 1. The highest BCUT2D eigenvalue weighted by atomic mass is 28.4. The topological polar surface area (TPSA) is 75.6 Å². The lowest BCUT2D eigenvalue weighted by Gasteiger charge is -2.36. The molecule has 0 aliphatic heterocycles. The second-order valence-electron chi connectivity index (χ2n) is 7.81. The van der Waals surface area contributed by atoms with E-state index < -0.39 is 43.5 Å². The number of carboxylic acids is 1. The Balaban J connectivity index is 2.85. The van der Waals surface area contributed by atoms with Crippen LogP contribution in [0.1, 0.15) is 43.1 Å². The molecule has 27 heavy (non-hydrogen) atoms. The Morgan fingerprint density at radius 2 is 1.74 bits per heavy atom. The summed E-state index contributed by atoms with van der Waals surface area (Å²) in [6, 6.07) is 2.92. The maximum atomic E-state index is 13.0. The summed E-state index contributed by atoms with van der Waals surface area (Å²) < 4.78 is 45.0. The van der Waals surface area contributed by atoms with Crippen molar-refractivity contribution in [2.24, 2.45) is 0 Å². The van der Waals surface area contributed by atoms with Crippen molar-refractivity contribution in [2.45, 2.75) is 57.5 Å². The van der Waals surface area contributed by atoms with E-state index in [2.05, 4.69) is 5.32 Å². The number of benzene rings is 1. The van der Waals surface area contributed by atoms with Gasteiger partial charge < -0.3 is 14.8 Å². The summed E-state index contributed by atoms with van der Waals surface area (Å²) in [5.74, 6) is -2.41. The standard InChI is InChI=1S/C18H26F3NO4Si/c1-17(2,3)27(4,5)26-11-10-14(16(24)25)22-15(23)12-8-6-7-9-13(12)18(19,20)21/h6-9,14H,10-11H2,1-5H3,(H,22,23)(H,24,25)/t14-/m0/s1. The van der Waals surface area contributed by atoms with Crippen LogP contribution in [-0.4, -0.2) is 37.9 Å². The number of carboxylic acid groups (broad SMARTS) is 1. The van der Waals surface area contributed by atoms with Gasteiger partial charge in [0.05, 0.1) is 11.1 Å². The molecule has 1 amide bonds. The van der Waals surface area contributed by atoms with Gasteiger partial charge in [-0.15, -0.1) is 0 Å². The first-order valence-corrected chi connectivity index (χ1v) is 11.4. The Bertz CT molecular complexity index is 684. The van der Waals surface area contributed by atoms with Gasteiger partial charge in [-0.3, -0.25) is 4.79 Å². The van der Waals surface area contributed by atoms with Crippen molar-refractivity contribution >= 4 is 20.2 Å². The minimum Gasteiger partial charge on any atom is -0.480 e. The molecule has 1 atom stereocenters. The molecule has 0 heterocycles. The monoisotopic (exact) mass is 405 g/mol. The highest BCUT2D eigenvalue weighted by molar-refractivity contribution is 6.74. The molecule has 9 heteroatoms. The highest BCUT2D eigenvalue weighted by Crippen LogP contribution is 2.36. The van der Waals surface area contributed by atoms with Gasteiger partial charge in [0.2, 0.25) is 0 Å². The van der Waals surface area contributed by atoms with E-state index in [4.69, 9.17) is 4.43 Å². The third kappa shape index (κ3) is 6.35. The maximum Gasteiger partial charge on any atom is 0.417 e. The molecule has 0 aromatic heterocycles. The van der Waals surface area contributed by atoms with Gasteiger partial charge in [0.25, 0.3) is 5.91 Å². The van der Waals surface area contributed by atoms with Gasteiger partial charge in [0, 0.05) is 13.0 Å². The van der Waals surface area contributed by atoms with Crippen LogP contribution in [0.3, 0.4) is 0 Å². The molecule has 1 rings (SSSR count). The maximum absolute atomic E-state index is 13.0. The summed E-state index contributed by atoms with van der Waals surface area (Å²) in [7, 11) is -2.10. The number of rotatable bonds is 7. The van der Waals surface area contributed by atoms with Crippen molar-refractivity contribution in [3.05, 3.63) is 35.4 Å². The number of aliphatic carboxylic acids is 1. The third-order valence-corrected chi connectivity index (χ3v) is 9.29. The predicted octanol–water partition coefficient (Wildman–Crippen LogP) is 4.30. The molecule has 1 aromatic rings. The summed E-state index contributed by atoms with van der Waals surface area (Å²) in [5.41, 5.74) is -1.72. The average molecular weight is 405 g/mol. The van der Waals surface area contributed by atoms with E-state index in [1.54, 1.807) is 0 Å². The van der Waals surface area contributed by atoms with E-state index in [1.165, 1.54) is 12.1 Å². The molecule has 5 nitrogen and oxygen atoms in total. The largest absolute Gasteiger partial charge is 0.480 e. The SMILES string of the molecule is CC(C)(C)[Si](C)(C)OCC[C@H](NC(=O)c1ccccc1C(F)(F)F)C(=O)O. The number of carbonyl (C=O) groups excluding carboxylic acids is 1. The molecule has 0 saturated carbocycles. The Hall–Kier alpha value is -1.87. The quantitative estimate of drug-likeness (QED) is 0.663. The summed E-state index contributed by atoms with van der Waals surface area (Å²) in [5, 5.41) is 11.4. The predicted molar refractivity (Wildman–Crippen MR) is 98.1 cm³/mol. The lowest BCUT2D eigenvalue weighted by Crippen LogP contribution is -2.45. The Labute approximate surface area is 158 Å². The summed E-state index contributed by atoms with van der Waals surface area (Å²) in [6.45, 7) is 10.2. The molecular formula is C18H26F3NO4Si. The molecule has 152 valence electrons. The molecular weight excluding hydrogens is 379 g/mol. The van der Waals surface area contributed by atoms with Gasteiger partial charge in [-0.1, -0.05) is 32.9 Å². The first kappa shape index (κ1) is 23.2. The second kappa shape index (κ2) is 8.43. The molecule has 2 N–H and O–H groups in total. The van der Waals surface area contributed by atoms with Gasteiger partial charge in [0.1, 0.15) is 6.04 Å². The fourth-order valence-corrected chi connectivity index (χ4v) is 3.13. The number of hydrogen-bond donors (Lipinski definition) is 2. The van der Waals surface area contributed by atoms with Crippen LogP contribution in [0, 0.1) is 0 Å². The van der Waals surface area contributed by atoms with Crippen molar-refractivity contribution in [2.75, 3.05) is 6.61 Å². The van der Waals surface area contributed by atoms with Crippen molar-refractivity contribution in [1.82, 2.24) is 5.32 Å². The molecule has 0 aliphatic rings. The molecule has 0 unspecified atom stereocenters. The van der Waals surface area contributed by atoms with E-state index in [9.17, 15) is 27.9 Å². The Morgan fingerprint density at radius 1 is 1.19 bits per heavy atom. The highest BCUT2D eigenvalue weighted by Gasteiger charge is 2.38. The van der Waals surface area contributed by atoms with Crippen molar-refractivity contribution < 1.29 is 32.3 Å². The van der Waals surface area contributed by atoms with Gasteiger partial charge in [0.15, 0.2) is 8.32 Å². The zero-order valence-electron chi connectivity index (χ0n) is 16.1. The van der Waals surface area contributed by atoms with Crippen LogP contribution >= 0.6 is 0 Å².